The summed E-state index contributed by atoms with van der Waals surface area (Å²) in [5, 5.41) is 22.6. The number of carboxylic acids is 1. The lowest BCUT2D eigenvalue weighted by Gasteiger charge is -2.32. The van der Waals surface area contributed by atoms with Crippen LogP contribution < -0.4 is 4.74 Å². The summed E-state index contributed by atoms with van der Waals surface area (Å²) in [7, 11) is 0. The van der Waals surface area contributed by atoms with E-state index in [0.717, 1.165) is 61.9 Å². The standard InChI is InChI=1S/C29H28F2N6O4/c30-23-11-18(13-32)1-2-20(23)17-41-28-24(31)15-37(34-28)21-5-8-35(9-6-21)16-27-33-25-4-3-19(29(38)39)12-26(25)36(27)14-22-7-10-40-22/h1-4,11-12,15,21-22H,5-10,14,16-17H2,(H,38,39)/t22-/m0/s1. The van der Waals surface area contributed by atoms with E-state index in [1.54, 1.807) is 22.9 Å². The molecule has 6 rings (SSSR count). The number of nitrogens with zero attached hydrogens (tertiary/aromatic N) is 6. The molecular formula is C29H28F2N6O4. The van der Waals surface area contributed by atoms with E-state index in [9.17, 15) is 18.7 Å². The topological polar surface area (TPSA) is 118 Å². The van der Waals surface area contributed by atoms with E-state index >= 15 is 0 Å². The molecule has 2 saturated heterocycles. The van der Waals surface area contributed by atoms with Gasteiger partial charge in [0.25, 0.3) is 5.88 Å². The number of aromatic nitrogens is 4. The van der Waals surface area contributed by atoms with Crippen molar-refractivity contribution in [1.82, 2.24) is 24.2 Å². The minimum absolute atomic E-state index is 0.0231. The lowest BCUT2D eigenvalue weighted by atomic mass is 10.1. The zero-order chi connectivity index (χ0) is 28.5. The molecule has 4 heterocycles. The molecule has 2 aromatic heterocycles. The number of likely N-dealkylation sites (tertiary alicyclic amines) is 1. The van der Waals surface area contributed by atoms with Gasteiger partial charge in [0.05, 0.1) is 59.7 Å². The zero-order valence-electron chi connectivity index (χ0n) is 22.2. The lowest BCUT2D eigenvalue weighted by Crippen LogP contribution is -2.36. The first-order valence-electron chi connectivity index (χ1n) is 13.5. The van der Waals surface area contributed by atoms with Gasteiger partial charge in [-0.2, -0.15) is 9.65 Å². The number of carboxylic acid groups (broad SMARTS) is 1. The van der Waals surface area contributed by atoms with Gasteiger partial charge >= 0.3 is 5.97 Å². The number of halogens is 2. The molecule has 0 spiro atoms. The van der Waals surface area contributed by atoms with Crippen molar-refractivity contribution >= 4 is 17.0 Å². The van der Waals surface area contributed by atoms with Crippen LogP contribution in [-0.2, 0) is 24.4 Å². The average Bonchev–Trinajstić information content (AvgIpc) is 3.49. The number of aromatic carboxylic acids is 1. The Bertz CT molecular complexity index is 1630. The minimum Gasteiger partial charge on any atom is -0.478 e. The molecule has 2 aliphatic heterocycles. The van der Waals surface area contributed by atoms with Crippen molar-refractivity contribution in [2.24, 2.45) is 0 Å². The Balaban J connectivity index is 1.10. The summed E-state index contributed by atoms with van der Waals surface area (Å²) >= 11 is 0. The van der Waals surface area contributed by atoms with E-state index in [-0.39, 0.29) is 41.3 Å². The van der Waals surface area contributed by atoms with Crippen LogP contribution in [0.2, 0.25) is 0 Å². The van der Waals surface area contributed by atoms with Crippen LogP contribution in [0.25, 0.3) is 11.0 Å². The van der Waals surface area contributed by atoms with Crippen molar-refractivity contribution in [1.29, 1.82) is 5.26 Å². The van der Waals surface area contributed by atoms with Gasteiger partial charge in [0.1, 0.15) is 18.2 Å². The van der Waals surface area contributed by atoms with Crippen LogP contribution in [0, 0.1) is 23.0 Å². The fourth-order valence-electron chi connectivity index (χ4n) is 5.32. The molecule has 0 saturated carbocycles. The van der Waals surface area contributed by atoms with Crippen LogP contribution in [-0.4, -0.2) is 61.1 Å². The van der Waals surface area contributed by atoms with E-state index in [4.69, 9.17) is 19.7 Å². The highest BCUT2D eigenvalue weighted by Gasteiger charge is 2.27. The predicted molar refractivity (Wildman–Crippen MR) is 142 cm³/mol. The molecule has 12 heteroatoms. The molecule has 212 valence electrons. The van der Waals surface area contributed by atoms with Gasteiger partial charge in [-0.1, -0.05) is 6.07 Å². The van der Waals surface area contributed by atoms with Crippen molar-refractivity contribution in [2.45, 2.75) is 51.1 Å². The van der Waals surface area contributed by atoms with E-state index in [0.29, 0.717) is 13.1 Å². The van der Waals surface area contributed by atoms with Crippen molar-refractivity contribution in [3.8, 4) is 11.9 Å². The molecule has 1 N–H and O–H groups in total. The van der Waals surface area contributed by atoms with Gasteiger partial charge in [0.15, 0.2) is 0 Å². The number of hydrogen-bond acceptors (Lipinski definition) is 7. The van der Waals surface area contributed by atoms with Gasteiger partial charge < -0.3 is 19.1 Å². The number of imidazole rings is 1. The molecular weight excluding hydrogens is 534 g/mol. The monoisotopic (exact) mass is 562 g/mol. The summed E-state index contributed by atoms with van der Waals surface area (Å²) in [6.07, 6.45) is 3.82. The highest BCUT2D eigenvalue weighted by molar-refractivity contribution is 5.92. The molecule has 41 heavy (non-hydrogen) atoms. The molecule has 0 radical (unpaired) electrons. The number of nitriles is 1. The third kappa shape index (κ3) is 5.64. The second kappa shape index (κ2) is 11.3. The van der Waals surface area contributed by atoms with Gasteiger partial charge in [-0.25, -0.2) is 14.2 Å². The van der Waals surface area contributed by atoms with Crippen LogP contribution in [0.1, 0.15) is 52.6 Å². The maximum atomic E-state index is 14.6. The maximum absolute atomic E-state index is 14.6. The van der Waals surface area contributed by atoms with Gasteiger partial charge in [0, 0.05) is 25.3 Å². The molecule has 4 aromatic rings. The zero-order valence-corrected chi connectivity index (χ0v) is 22.2. The normalized spacial score (nSPS) is 17.8. The molecule has 1 atom stereocenters. The summed E-state index contributed by atoms with van der Waals surface area (Å²) in [5.74, 6) is -1.52. The SMILES string of the molecule is N#Cc1ccc(COc2nn(C3CCN(Cc4nc5ccc(C(=O)O)cc5n4C[C@@H]4CCO4)CC3)cc2F)c(F)c1. The van der Waals surface area contributed by atoms with Crippen LogP contribution in [0.3, 0.4) is 0 Å². The van der Waals surface area contributed by atoms with Crippen molar-refractivity contribution in [3.05, 3.63) is 76.7 Å². The molecule has 0 aliphatic carbocycles. The largest absolute Gasteiger partial charge is 0.478 e. The first kappa shape index (κ1) is 26.9. The van der Waals surface area contributed by atoms with Crippen LogP contribution in [0.15, 0.2) is 42.6 Å². The quantitative estimate of drug-likeness (QED) is 0.321. The first-order chi connectivity index (χ1) is 19.9. The highest BCUT2D eigenvalue weighted by atomic mass is 19.1. The number of rotatable bonds is 9. The molecule has 2 aromatic carbocycles. The fraction of sp³-hybridized carbons (Fsp3) is 0.379. The first-order valence-corrected chi connectivity index (χ1v) is 13.5. The number of piperidine rings is 1. The smallest absolute Gasteiger partial charge is 0.335 e. The van der Waals surface area contributed by atoms with E-state index in [1.165, 1.54) is 18.3 Å². The third-order valence-electron chi connectivity index (χ3n) is 7.75. The highest BCUT2D eigenvalue weighted by Crippen LogP contribution is 2.28. The third-order valence-corrected chi connectivity index (χ3v) is 7.75. The predicted octanol–water partition coefficient (Wildman–Crippen LogP) is 4.29. The second-order valence-corrected chi connectivity index (χ2v) is 10.4. The molecule has 10 nitrogen and oxygen atoms in total. The summed E-state index contributed by atoms with van der Waals surface area (Å²) in [5.41, 5.74) is 2.16. The number of fused-ring (bicyclic) bond motifs is 1. The second-order valence-electron chi connectivity index (χ2n) is 10.4. The van der Waals surface area contributed by atoms with Gasteiger partial charge in [0.2, 0.25) is 5.82 Å². The maximum Gasteiger partial charge on any atom is 0.335 e. The van der Waals surface area contributed by atoms with Crippen LogP contribution in [0.5, 0.6) is 5.88 Å². The van der Waals surface area contributed by atoms with Gasteiger partial charge in [-0.15, -0.1) is 5.10 Å². The molecule has 2 fully saturated rings. The Kier molecular flexibility index (Phi) is 7.38. The average molecular weight is 563 g/mol. The van der Waals surface area contributed by atoms with Crippen molar-refractivity contribution in [3.63, 3.8) is 0 Å². The van der Waals surface area contributed by atoms with Gasteiger partial charge in [-0.05, 0) is 49.6 Å². The van der Waals surface area contributed by atoms with E-state index < -0.39 is 17.6 Å². The Morgan fingerprint density at radius 1 is 1.15 bits per heavy atom. The number of hydrogen-bond donors (Lipinski definition) is 1. The fourth-order valence-corrected chi connectivity index (χ4v) is 5.32. The summed E-state index contributed by atoms with van der Waals surface area (Å²) in [6.45, 7) is 3.21. The van der Waals surface area contributed by atoms with Crippen LogP contribution >= 0.6 is 0 Å². The molecule has 2 aliphatic rings. The summed E-state index contributed by atoms with van der Waals surface area (Å²) in [6, 6.07) is 10.9. The van der Waals surface area contributed by atoms with Crippen LogP contribution in [0.4, 0.5) is 8.78 Å². The van der Waals surface area contributed by atoms with E-state index in [1.807, 2.05) is 6.07 Å². The number of ether oxygens (including phenoxy) is 2. The number of carbonyl (C=O) groups is 1. The summed E-state index contributed by atoms with van der Waals surface area (Å²) in [4.78, 5) is 18.6. The lowest BCUT2D eigenvalue weighted by molar-refractivity contribution is -0.0592. The van der Waals surface area contributed by atoms with Gasteiger partial charge in [-0.3, -0.25) is 9.58 Å². The Labute approximate surface area is 234 Å². The van der Waals surface area contributed by atoms with E-state index in [2.05, 4.69) is 14.6 Å². The van der Waals surface area contributed by atoms with Crippen molar-refractivity contribution in [2.75, 3.05) is 19.7 Å². The Morgan fingerprint density at radius 3 is 2.63 bits per heavy atom. The minimum atomic E-state index is -0.979. The van der Waals surface area contributed by atoms with Crippen molar-refractivity contribution < 1.29 is 28.2 Å². The molecule has 0 bridgehead atoms. The Hall–Kier alpha value is -4.34. The molecule has 0 unspecified atom stereocenters. The Morgan fingerprint density at radius 2 is 1.95 bits per heavy atom. The number of benzene rings is 2. The summed E-state index contributed by atoms with van der Waals surface area (Å²) < 4.78 is 43.5. The molecule has 0 amide bonds.